The minimum atomic E-state index is -3.19. The average Bonchev–Trinajstić information content (AvgIpc) is 2.65. The third kappa shape index (κ3) is 8.25. The van der Waals surface area contributed by atoms with Gasteiger partial charge in [0.15, 0.2) is 0 Å². The molecule has 1 rings (SSSR count). The highest BCUT2D eigenvalue weighted by Crippen LogP contribution is 2.41. The fraction of sp³-hybridized carbons (Fsp3) is 0.818. The second-order valence-electron chi connectivity index (χ2n) is 3.88. The summed E-state index contributed by atoms with van der Waals surface area (Å²) in [6.45, 7) is 8.19. The maximum Gasteiger partial charge on any atom is 0.328 e. The Morgan fingerprint density at radius 1 is 1.35 bits per heavy atom. The summed E-state index contributed by atoms with van der Waals surface area (Å²) in [5, 5.41) is 0. The van der Waals surface area contributed by atoms with Crippen LogP contribution in [0.1, 0.15) is 27.2 Å². The maximum absolute atomic E-state index is 10.7. The quantitative estimate of drug-likeness (QED) is 0.772. The van der Waals surface area contributed by atoms with E-state index in [0.29, 0.717) is 13.0 Å². The van der Waals surface area contributed by atoms with E-state index in [2.05, 4.69) is 40.7 Å². The van der Waals surface area contributed by atoms with Crippen molar-refractivity contribution >= 4 is 7.60 Å². The van der Waals surface area contributed by atoms with Gasteiger partial charge in [0.1, 0.15) is 0 Å². The van der Waals surface area contributed by atoms with Crippen LogP contribution in [-0.2, 0) is 9.09 Å². The molecule has 5 nitrogen and oxygen atoms in total. The molecule has 0 saturated carbocycles. The first kappa shape index (κ1) is 16.5. The zero-order valence-corrected chi connectivity index (χ0v) is 12.2. The van der Waals surface area contributed by atoms with E-state index in [9.17, 15) is 4.57 Å². The molecule has 0 bridgehead atoms. The first-order valence-electron chi connectivity index (χ1n) is 6.04. The highest BCUT2D eigenvalue weighted by molar-refractivity contribution is 7.52. The molecule has 0 aromatic heterocycles. The molecule has 0 spiro atoms. The van der Waals surface area contributed by atoms with Gasteiger partial charge in [0.2, 0.25) is 0 Å². The van der Waals surface area contributed by atoms with E-state index < -0.39 is 7.60 Å². The molecule has 1 unspecified atom stereocenters. The van der Waals surface area contributed by atoms with Gasteiger partial charge in [-0.1, -0.05) is 6.92 Å². The molecule has 0 fully saturated rings. The second-order valence-corrected chi connectivity index (χ2v) is 5.86. The number of nitrogens with zero attached hydrogens (tertiary/aromatic N) is 2. The predicted molar refractivity (Wildman–Crippen MR) is 70.8 cm³/mol. The first-order valence-corrected chi connectivity index (χ1v) is 7.80. The molecular weight excluding hydrogens is 239 g/mol. The summed E-state index contributed by atoms with van der Waals surface area (Å²) < 4.78 is 15.3. The molecule has 1 N–H and O–H groups in total. The fourth-order valence-electron chi connectivity index (χ4n) is 1.34. The van der Waals surface area contributed by atoms with Crippen molar-refractivity contribution in [3.8, 4) is 0 Å². The molecule has 1 heterocycles. The third-order valence-electron chi connectivity index (χ3n) is 2.18. The molecular formula is C11H25N2O3P. The SMILES string of the molecule is CCCP(=O)(O)OCC.CCN1C=CN(C)C1. The van der Waals surface area contributed by atoms with Crippen molar-refractivity contribution in [1.29, 1.82) is 0 Å². The number of hydrogen-bond acceptors (Lipinski definition) is 4. The van der Waals surface area contributed by atoms with Crippen LogP contribution in [0.2, 0.25) is 0 Å². The van der Waals surface area contributed by atoms with Crippen molar-refractivity contribution in [3.63, 3.8) is 0 Å². The molecule has 0 radical (unpaired) electrons. The van der Waals surface area contributed by atoms with Gasteiger partial charge in [0, 0.05) is 32.2 Å². The minimum Gasteiger partial charge on any atom is -0.362 e. The van der Waals surface area contributed by atoms with Gasteiger partial charge in [-0.3, -0.25) is 4.57 Å². The van der Waals surface area contributed by atoms with Crippen LogP contribution in [0.5, 0.6) is 0 Å². The summed E-state index contributed by atoms with van der Waals surface area (Å²) in [6, 6.07) is 0. The lowest BCUT2D eigenvalue weighted by Crippen LogP contribution is -2.21. The summed E-state index contributed by atoms with van der Waals surface area (Å²) in [7, 11) is -1.12. The Balaban J connectivity index is 0.000000302. The molecule has 0 saturated heterocycles. The molecule has 17 heavy (non-hydrogen) atoms. The Morgan fingerprint density at radius 2 is 2.00 bits per heavy atom. The smallest absolute Gasteiger partial charge is 0.328 e. The van der Waals surface area contributed by atoms with Crippen molar-refractivity contribution < 1.29 is 14.0 Å². The van der Waals surface area contributed by atoms with Gasteiger partial charge in [0.05, 0.1) is 13.3 Å². The van der Waals surface area contributed by atoms with Crippen molar-refractivity contribution in [2.24, 2.45) is 0 Å². The Bertz CT molecular complexity index is 261. The van der Waals surface area contributed by atoms with Crippen LogP contribution in [0, 0.1) is 0 Å². The third-order valence-corrected chi connectivity index (χ3v) is 3.85. The monoisotopic (exact) mass is 264 g/mol. The van der Waals surface area contributed by atoms with Gasteiger partial charge in [-0.2, -0.15) is 0 Å². The van der Waals surface area contributed by atoms with Crippen LogP contribution < -0.4 is 0 Å². The summed E-state index contributed by atoms with van der Waals surface area (Å²) >= 11 is 0. The zero-order chi connectivity index (χ0) is 13.3. The lowest BCUT2D eigenvalue weighted by atomic mass is 10.6. The van der Waals surface area contributed by atoms with Crippen LogP contribution >= 0.6 is 7.60 Å². The number of rotatable bonds is 5. The Hall–Kier alpha value is -0.510. The van der Waals surface area contributed by atoms with E-state index in [4.69, 9.17) is 4.89 Å². The first-order chi connectivity index (χ1) is 7.95. The van der Waals surface area contributed by atoms with Crippen LogP contribution in [0.15, 0.2) is 12.4 Å². The Kier molecular flexibility index (Phi) is 8.30. The maximum atomic E-state index is 10.7. The molecule has 1 atom stereocenters. The minimum absolute atomic E-state index is 0.265. The van der Waals surface area contributed by atoms with Crippen molar-refractivity contribution in [3.05, 3.63) is 12.4 Å². The topological polar surface area (TPSA) is 53.0 Å². The average molecular weight is 264 g/mol. The van der Waals surface area contributed by atoms with E-state index in [1.165, 1.54) is 0 Å². The van der Waals surface area contributed by atoms with Crippen LogP contribution in [0.4, 0.5) is 0 Å². The summed E-state index contributed by atoms with van der Waals surface area (Å²) in [5.41, 5.74) is 0. The summed E-state index contributed by atoms with van der Waals surface area (Å²) in [6.07, 6.45) is 5.15. The molecule has 0 aromatic rings. The molecule has 0 amide bonds. The fourth-order valence-corrected chi connectivity index (χ4v) is 2.44. The molecule has 0 aromatic carbocycles. The van der Waals surface area contributed by atoms with E-state index in [1.807, 2.05) is 6.92 Å². The number of hydrogen-bond donors (Lipinski definition) is 1. The van der Waals surface area contributed by atoms with Crippen molar-refractivity contribution in [2.75, 3.05) is 33.0 Å². The highest BCUT2D eigenvalue weighted by Gasteiger charge is 2.15. The van der Waals surface area contributed by atoms with Gasteiger partial charge in [0.25, 0.3) is 0 Å². The van der Waals surface area contributed by atoms with Gasteiger partial charge >= 0.3 is 7.60 Å². The summed E-state index contributed by atoms with van der Waals surface area (Å²) in [4.78, 5) is 13.3. The molecule has 1 aliphatic heterocycles. The van der Waals surface area contributed by atoms with Gasteiger partial charge in [-0.25, -0.2) is 0 Å². The zero-order valence-electron chi connectivity index (χ0n) is 11.3. The molecule has 102 valence electrons. The van der Waals surface area contributed by atoms with Crippen molar-refractivity contribution in [2.45, 2.75) is 27.2 Å². The van der Waals surface area contributed by atoms with E-state index in [1.54, 1.807) is 6.92 Å². The van der Waals surface area contributed by atoms with Crippen molar-refractivity contribution in [1.82, 2.24) is 9.80 Å². The standard InChI is InChI=1S/C6H12N2.C5H13O3P/c1-3-8-5-4-7(2)6-8;1-3-5-9(6,7)8-4-2/h4-5H,3,6H2,1-2H3;3-5H2,1-2H3,(H,6,7). The predicted octanol–water partition coefficient (Wildman–Crippen LogP) is 2.30. The van der Waals surface area contributed by atoms with Gasteiger partial charge < -0.3 is 19.2 Å². The summed E-state index contributed by atoms with van der Waals surface area (Å²) in [5.74, 6) is 0. The highest BCUT2D eigenvalue weighted by atomic mass is 31.2. The lowest BCUT2D eigenvalue weighted by molar-refractivity contribution is 0.273. The van der Waals surface area contributed by atoms with Crippen LogP contribution in [-0.4, -0.2) is 47.7 Å². The molecule has 6 heteroatoms. The van der Waals surface area contributed by atoms with Gasteiger partial charge in [-0.15, -0.1) is 0 Å². The molecule has 0 aliphatic carbocycles. The van der Waals surface area contributed by atoms with E-state index in [0.717, 1.165) is 13.2 Å². The van der Waals surface area contributed by atoms with Gasteiger partial charge in [-0.05, 0) is 20.3 Å². The normalized spacial score (nSPS) is 17.7. The van der Waals surface area contributed by atoms with Crippen LogP contribution in [0.3, 0.4) is 0 Å². The molecule has 1 aliphatic rings. The lowest BCUT2D eigenvalue weighted by Gasteiger charge is -2.14. The Morgan fingerprint density at radius 3 is 2.29 bits per heavy atom. The second kappa shape index (κ2) is 8.56. The van der Waals surface area contributed by atoms with E-state index >= 15 is 0 Å². The largest absolute Gasteiger partial charge is 0.362 e. The Labute approximate surface area is 105 Å². The van der Waals surface area contributed by atoms with Crippen LogP contribution in [0.25, 0.3) is 0 Å². The van der Waals surface area contributed by atoms with E-state index in [-0.39, 0.29) is 6.16 Å².